The molecule has 0 bridgehead atoms. The van der Waals surface area contributed by atoms with Gasteiger partial charge in [-0.2, -0.15) is 0 Å². The van der Waals surface area contributed by atoms with Crippen molar-refractivity contribution in [1.29, 1.82) is 0 Å². The van der Waals surface area contributed by atoms with Gasteiger partial charge in [-0.25, -0.2) is 4.98 Å². The predicted octanol–water partition coefficient (Wildman–Crippen LogP) is 2.53. The van der Waals surface area contributed by atoms with Crippen molar-refractivity contribution in [3.05, 3.63) is 36.0 Å². The number of rotatable bonds is 2. The molecule has 0 atom stereocenters. The Bertz CT molecular complexity index is 520. The topological polar surface area (TPSA) is 50.2 Å². The van der Waals surface area contributed by atoms with Gasteiger partial charge < -0.3 is 5.11 Å². The molecule has 0 aliphatic rings. The van der Waals surface area contributed by atoms with E-state index in [1.54, 1.807) is 13.0 Å². The van der Waals surface area contributed by atoms with E-state index >= 15 is 0 Å². The Morgan fingerprint density at radius 2 is 2.13 bits per heavy atom. The lowest BCUT2D eigenvalue weighted by molar-refractivity contribution is 0.0981. The molecule has 0 aliphatic carbocycles. The maximum atomic E-state index is 11.5. The number of hydrogen-bond donors (Lipinski definition) is 1. The van der Waals surface area contributed by atoms with Crippen LogP contribution in [0.25, 0.3) is 10.9 Å². The fourth-order valence-corrected chi connectivity index (χ4v) is 1.48. The Labute approximate surface area is 87.4 Å². The van der Waals surface area contributed by atoms with Crippen LogP contribution in [0.4, 0.5) is 0 Å². The Morgan fingerprint density at radius 1 is 1.40 bits per heavy atom. The third-order valence-corrected chi connectivity index (χ3v) is 2.29. The number of para-hydroxylation sites is 1. The lowest BCUT2D eigenvalue weighted by Crippen LogP contribution is -2.00. The van der Waals surface area contributed by atoms with Crippen molar-refractivity contribution >= 4 is 16.7 Å². The SMILES string of the molecule is CCC(=O)c1nc2ccccc2cc1O. The van der Waals surface area contributed by atoms with Gasteiger partial charge in [0.25, 0.3) is 0 Å². The smallest absolute Gasteiger partial charge is 0.184 e. The van der Waals surface area contributed by atoms with Crippen molar-refractivity contribution < 1.29 is 9.90 Å². The molecule has 2 aromatic rings. The molecule has 0 spiro atoms. The highest BCUT2D eigenvalue weighted by Crippen LogP contribution is 2.22. The molecule has 3 nitrogen and oxygen atoms in total. The standard InChI is InChI=1S/C12H11NO2/c1-2-10(14)12-11(15)7-8-5-3-4-6-9(8)13-12/h3-7,15H,2H2,1H3. The molecule has 3 heteroatoms. The van der Waals surface area contributed by atoms with E-state index in [1.165, 1.54) is 0 Å². The number of carbonyl (C=O) groups is 1. The first-order valence-electron chi connectivity index (χ1n) is 4.84. The number of aromatic hydroxyl groups is 1. The highest BCUT2D eigenvalue weighted by Gasteiger charge is 2.11. The average Bonchev–Trinajstić information content (AvgIpc) is 2.27. The van der Waals surface area contributed by atoms with Crippen LogP contribution in [0.1, 0.15) is 23.8 Å². The van der Waals surface area contributed by atoms with Crippen molar-refractivity contribution in [2.24, 2.45) is 0 Å². The second kappa shape index (κ2) is 3.69. The van der Waals surface area contributed by atoms with Crippen LogP contribution in [-0.4, -0.2) is 15.9 Å². The number of carbonyl (C=O) groups excluding carboxylic acids is 1. The summed E-state index contributed by atoms with van der Waals surface area (Å²) in [6.07, 6.45) is 0.346. The molecule has 2 rings (SSSR count). The lowest BCUT2D eigenvalue weighted by atomic mass is 10.1. The molecule has 0 aliphatic heterocycles. The largest absolute Gasteiger partial charge is 0.506 e. The number of pyridine rings is 1. The van der Waals surface area contributed by atoms with Gasteiger partial charge in [-0.1, -0.05) is 25.1 Å². The number of aromatic nitrogens is 1. The molecule has 76 valence electrons. The molecule has 1 heterocycles. The quantitative estimate of drug-likeness (QED) is 0.759. The number of ketones is 1. The summed E-state index contributed by atoms with van der Waals surface area (Å²) in [4.78, 5) is 15.6. The first-order chi connectivity index (χ1) is 7.22. The van der Waals surface area contributed by atoms with Crippen LogP contribution >= 0.6 is 0 Å². The second-order valence-electron chi connectivity index (χ2n) is 3.33. The molecule has 1 N–H and O–H groups in total. The van der Waals surface area contributed by atoms with E-state index in [2.05, 4.69) is 4.98 Å². The molecule has 0 fully saturated rings. The first-order valence-corrected chi connectivity index (χ1v) is 4.84. The average molecular weight is 201 g/mol. The Hall–Kier alpha value is -1.90. The van der Waals surface area contributed by atoms with Crippen molar-refractivity contribution in [1.82, 2.24) is 4.98 Å². The van der Waals surface area contributed by atoms with E-state index in [4.69, 9.17) is 0 Å². The van der Waals surface area contributed by atoms with Crippen LogP contribution in [0.5, 0.6) is 5.75 Å². The van der Waals surface area contributed by atoms with E-state index in [1.807, 2.05) is 24.3 Å². The van der Waals surface area contributed by atoms with Gasteiger partial charge in [0.05, 0.1) is 5.52 Å². The van der Waals surface area contributed by atoms with Gasteiger partial charge in [-0.3, -0.25) is 4.79 Å². The fraction of sp³-hybridized carbons (Fsp3) is 0.167. The van der Waals surface area contributed by atoms with Crippen LogP contribution in [-0.2, 0) is 0 Å². The molecule has 0 unspecified atom stereocenters. The van der Waals surface area contributed by atoms with Gasteiger partial charge in [-0.05, 0) is 12.1 Å². The Morgan fingerprint density at radius 3 is 2.87 bits per heavy atom. The monoisotopic (exact) mass is 201 g/mol. The number of Topliss-reactive ketones (excluding diaryl/α,β-unsaturated/α-hetero) is 1. The van der Waals surface area contributed by atoms with E-state index in [9.17, 15) is 9.90 Å². The highest BCUT2D eigenvalue weighted by molar-refractivity contribution is 5.99. The second-order valence-corrected chi connectivity index (χ2v) is 3.33. The number of benzene rings is 1. The van der Waals surface area contributed by atoms with Crippen LogP contribution in [0.15, 0.2) is 30.3 Å². The van der Waals surface area contributed by atoms with Crippen LogP contribution in [0, 0.1) is 0 Å². The maximum absolute atomic E-state index is 11.5. The third-order valence-electron chi connectivity index (χ3n) is 2.29. The minimum atomic E-state index is -0.141. The van der Waals surface area contributed by atoms with Crippen molar-refractivity contribution in [3.63, 3.8) is 0 Å². The maximum Gasteiger partial charge on any atom is 0.184 e. The number of hydrogen-bond acceptors (Lipinski definition) is 3. The summed E-state index contributed by atoms with van der Waals surface area (Å²) in [5.74, 6) is -0.182. The molecular formula is C12H11NO2. The van der Waals surface area contributed by atoms with Gasteiger partial charge in [0.15, 0.2) is 5.78 Å². The van der Waals surface area contributed by atoms with Crippen molar-refractivity contribution in [3.8, 4) is 5.75 Å². The van der Waals surface area contributed by atoms with Crippen LogP contribution < -0.4 is 0 Å². The van der Waals surface area contributed by atoms with Crippen molar-refractivity contribution in [2.75, 3.05) is 0 Å². The minimum Gasteiger partial charge on any atom is -0.506 e. The number of fused-ring (bicyclic) bond motifs is 1. The zero-order chi connectivity index (χ0) is 10.8. The summed E-state index contributed by atoms with van der Waals surface area (Å²) in [5, 5.41) is 10.5. The molecule has 0 amide bonds. The molecule has 0 saturated heterocycles. The van der Waals surface area contributed by atoms with E-state index < -0.39 is 0 Å². The minimum absolute atomic E-state index is 0.0412. The molecular weight excluding hydrogens is 190 g/mol. The van der Waals surface area contributed by atoms with E-state index in [0.29, 0.717) is 6.42 Å². The lowest BCUT2D eigenvalue weighted by Gasteiger charge is -2.03. The predicted molar refractivity (Wildman–Crippen MR) is 58.0 cm³/mol. The van der Waals surface area contributed by atoms with Crippen molar-refractivity contribution in [2.45, 2.75) is 13.3 Å². The summed E-state index contributed by atoms with van der Waals surface area (Å²) in [5.41, 5.74) is 0.892. The third kappa shape index (κ3) is 1.68. The van der Waals surface area contributed by atoms with E-state index in [-0.39, 0.29) is 17.2 Å². The number of nitrogens with zero attached hydrogens (tertiary/aromatic N) is 1. The zero-order valence-electron chi connectivity index (χ0n) is 8.40. The van der Waals surface area contributed by atoms with Gasteiger partial charge in [-0.15, -0.1) is 0 Å². The van der Waals surface area contributed by atoms with Gasteiger partial charge in [0, 0.05) is 11.8 Å². The normalized spacial score (nSPS) is 10.5. The molecule has 1 aromatic carbocycles. The Kier molecular flexibility index (Phi) is 2.37. The Balaban J connectivity index is 2.67. The summed E-state index contributed by atoms with van der Waals surface area (Å²) >= 11 is 0. The summed E-state index contributed by atoms with van der Waals surface area (Å²) in [7, 11) is 0. The summed E-state index contributed by atoms with van der Waals surface area (Å²) in [6.45, 7) is 1.75. The van der Waals surface area contributed by atoms with E-state index in [0.717, 1.165) is 10.9 Å². The van der Waals surface area contributed by atoms with Gasteiger partial charge in [0.2, 0.25) is 0 Å². The highest BCUT2D eigenvalue weighted by atomic mass is 16.3. The van der Waals surface area contributed by atoms with Gasteiger partial charge >= 0.3 is 0 Å². The first kappa shape index (κ1) is 9.65. The molecule has 0 saturated carbocycles. The molecule has 0 radical (unpaired) electrons. The fourth-order valence-electron chi connectivity index (χ4n) is 1.48. The van der Waals surface area contributed by atoms with Crippen LogP contribution in [0.2, 0.25) is 0 Å². The molecule has 15 heavy (non-hydrogen) atoms. The van der Waals surface area contributed by atoms with Gasteiger partial charge in [0.1, 0.15) is 11.4 Å². The summed E-state index contributed by atoms with van der Waals surface area (Å²) < 4.78 is 0. The summed E-state index contributed by atoms with van der Waals surface area (Å²) in [6, 6.07) is 8.96. The molecule has 1 aromatic heterocycles. The van der Waals surface area contributed by atoms with Crippen LogP contribution in [0.3, 0.4) is 0 Å². The zero-order valence-corrected chi connectivity index (χ0v) is 8.40.